The van der Waals surface area contributed by atoms with Crippen molar-refractivity contribution in [1.29, 1.82) is 0 Å². The number of hydrogen-bond acceptors (Lipinski definition) is 4. The SMILES string of the molecule is CC(C)COCCCNC(=O)C(C)(C)N1CCNCC1. The third-order valence-electron chi connectivity index (χ3n) is 3.67. The summed E-state index contributed by atoms with van der Waals surface area (Å²) in [5.41, 5.74) is -0.430. The zero-order valence-corrected chi connectivity index (χ0v) is 13.5. The van der Waals surface area contributed by atoms with E-state index in [2.05, 4.69) is 29.4 Å². The van der Waals surface area contributed by atoms with E-state index in [1.54, 1.807) is 0 Å². The maximum Gasteiger partial charge on any atom is 0.239 e. The van der Waals surface area contributed by atoms with Crippen LogP contribution in [0, 0.1) is 5.92 Å². The number of carbonyl (C=O) groups is 1. The lowest BCUT2D eigenvalue weighted by Crippen LogP contribution is -2.60. The van der Waals surface area contributed by atoms with Crippen LogP contribution < -0.4 is 10.6 Å². The highest BCUT2D eigenvalue weighted by Crippen LogP contribution is 2.15. The second-order valence-electron chi connectivity index (χ2n) is 6.37. The lowest BCUT2D eigenvalue weighted by molar-refractivity contribution is -0.132. The van der Waals surface area contributed by atoms with E-state index in [4.69, 9.17) is 4.74 Å². The van der Waals surface area contributed by atoms with E-state index >= 15 is 0 Å². The summed E-state index contributed by atoms with van der Waals surface area (Å²) >= 11 is 0. The summed E-state index contributed by atoms with van der Waals surface area (Å²) in [5, 5.41) is 6.34. The van der Waals surface area contributed by atoms with Crippen molar-refractivity contribution in [3.8, 4) is 0 Å². The lowest BCUT2D eigenvalue weighted by atomic mass is 10.0. The molecule has 0 spiro atoms. The van der Waals surface area contributed by atoms with Gasteiger partial charge in [-0.1, -0.05) is 13.8 Å². The van der Waals surface area contributed by atoms with Crippen molar-refractivity contribution >= 4 is 5.91 Å². The average Bonchev–Trinajstić information content (AvgIpc) is 2.43. The van der Waals surface area contributed by atoms with E-state index in [-0.39, 0.29) is 5.91 Å². The molecule has 118 valence electrons. The number of amides is 1. The minimum Gasteiger partial charge on any atom is -0.381 e. The van der Waals surface area contributed by atoms with Gasteiger partial charge in [0.05, 0.1) is 5.54 Å². The average molecular weight is 285 g/mol. The van der Waals surface area contributed by atoms with E-state index < -0.39 is 5.54 Å². The van der Waals surface area contributed by atoms with E-state index in [1.165, 1.54) is 0 Å². The molecule has 1 fully saturated rings. The Morgan fingerprint density at radius 3 is 2.60 bits per heavy atom. The number of rotatable bonds is 8. The Morgan fingerprint density at radius 2 is 2.00 bits per heavy atom. The van der Waals surface area contributed by atoms with Crippen LogP contribution in [0.5, 0.6) is 0 Å². The molecule has 0 saturated carbocycles. The summed E-state index contributed by atoms with van der Waals surface area (Å²) in [7, 11) is 0. The monoisotopic (exact) mass is 285 g/mol. The summed E-state index contributed by atoms with van der Waals surface area (Å²) in [5.74, 6) is 0.680. The smallest absolute Gasteiger partial charge is 0.239 e. The number of nitrogens with one attached hydrogen (secondary N) is 2. The topological polar surface area (TPSA) is 53.6 Å². The van der Waals surface area contributed by atoms with Gasteiger partial charge in [-0.15, -0.1) is 0 Å². The number of carbonyl (C=O) groups excluding carboxylic acids is 1. The van der Waals surface area contributed by atoms with E-state index in [0.29, 0.717) is 19.1 Å². The molecule has 0 aliphatic carbocycles. The van der Waals surface area contributed by atoms with Crippen LogP contribution in [-0.4, -0.2) is 62.3 Å². The number of piperazine rings is 1. The first-order valence-corrected chi connectivity index (χ1v) is 7.76. The van der Waals surface area contributed by atoms with E-state index in [1.807, 2.05) is 13.8 Å². The van der Waals surface area contributed by atoms with Gasteiger partial charge in [0, 0.05) is 45.9 Å². The van der Waals surface area contributed by atoms with Crippen LogP contribution in [0.4, 0.5) is 0 Å². The van der Waals surface area contributed by atoms with Crippen LogP contribution >= 0.6 is 0 Å². The quantitative estimate of drug-likeness (QED) is 0.649. The lowest BCUT2D eigenvalue weighted by Gasteiger charge is -2.39. The molecule has 0 radical (unpaired) electrons. The Balaban J connectivity index is 2.20. The standard InChI is InChI=1S/C15H31N3O2/c1-13(2)12-20-11-5-6-17-14(19)15(3,4)18-9-7-16-8-10-18/h13,16H,5-12H2,1-4H3,(H,17,19). The highest BCUT2D eigenvalue weighted by atomic mass is 16.5. The van der Waals surface area contributed by atoms with Crippen LogP contribution in [0.3, 0.4) is 0 Å². The van der Waals surface area contributed by atoms with Gasteiger partial charge in [0.2, 0.25) is 5.91 Å². The molecule has 0 bridgehead atoms. The number of ether oxygens (including phenoxy) is 1. The van der Waals surface area contributed by atoms with Crippen molar-refractivity contribution in [2.75, 3.05) is 45.9 Å². The normalized spacial score (nSPS) is 17.4. The first-order valence-electron chi connectivity index (χ1n) is 7.76. The molecule has 1 aliphatic heterocycles. The number of hydrogen-bond donors (Lipinski definition) is 2. The van der Waals surface area contributed by atoms with Gasteiger partial charge in [-0.05, 0) is 26.2 Å². The molecule has 1 saturated heterocycles. The fourth-order valence-electron chi connectivity index (χ4n) is 2.28. The molecule has 0 aromatic heterocycles. The Bertz CT molecular complexity index is 287. The van der Waals surface area contributed by atoms with Gasteiger partial charge in [0.15, 0.2) is 0 Å². The zero-order valence-electron chi connectivity index (χ0n) is 13.5. The minimum absolute atomic E-state index is 0.114. The van der Waals surface area contributed by atoms with Crippen LogP contribution in [0.25, 0.3) is 0 Å². The summed E-state index contributed by atoms with van der Waals surface area (Å²) < 4.78 is 5.51. The molecule has 0 atom stereocenters. The van der Waals surface area contributed by atoms with Crippen molar-refractivity contribution in [3.63, 3.8) is 0 Å². The molecule has 0 unspecified atom stereocenters. The molecule has 1 heterocycles. The summed E-state index contributed by atoms with van der Waals surface area (Å²) in [6, 6.07) is 0. The molecule has 5 heteroatoms. The fourth-order valence-corrected chi connectivity index (χ4v) is 2.28. The second-order valence-corrected chi connectivity index (χ2v) is 6.37. The van der Waals surface area contributed by atoms with Crippen LogP contribution in [0.1, 0.15) is 34.1 Å². The van der Waals surface area contributed by atoms with Crippen LogP contribution in [0.15, 0.2) is 0 Å². The first-order chi connectivity index (χ1) is 9.44. The first kappa shape index (κ1) is 17.4. The van der Waals surface area contributed by atoms with E-state index in [0.717, 1.165) is 39.2 Å². The van der Waals surface area contributed by atoms with Gasteiger partial charge in [-0.25, -0.2) is 0 Å². The van der Waals surface area contributed by atoms with Crippen molar-refractivity contribution in [2.45, 2.75) is 39.7 Å². The van der Waals surface area contributed by atoms with Gasteiger partial charge < -0.3 is 15.4 Å². The molecular weight excluding hydrogens is 254 g/mol. The maximum atomic E-state index is 12.3. The zero-order chi connectivity index (χ0) is 15.0. The van der Waals surface area contributed by atoms with Gasteiger partial charge >= 0.3 is 0 Å². The molecule has 0 aromatic carbocycles. The van der Waals surface area contributed by atoms with E-state index in [9.17, 15) is 4.79 Å². The van der Waals surface area contributed by atoms with Crippen molar-refractivity contribution in [2.24, 2.45) is 5.92 Å². The maximum absolute atomic E-state index is 12.3. The Morgan fingerprint density at radius 1 is 1.35 bits per heavy atom. The largest absolute Gasteiger partial charge is 0.381 e. The summed E-state index contributed by atoms with van der Waals surface area (Å²) in [6.07, 6.45) is 0.871. The molecule has 0 aromatic rings. The van der Waals surface area contributed by atoms with Crippen molar-refractivity contribution in [3.05, 3.63) is 0 Å². The Hall–Kier alpha value is -0.650. The molecule has 2 N–H and O–H groups in total. The molecule has 1 rings (SSSR count). The molecular formula is C15H31N3O2. The predicted molar refractivity (Wildman–Crippen MR) is 81.8 cm³/mol. The number of nitrogens with zero attached hydrogens (tertiary/aromatic N) is 1. The Labute approximate surface area is 123 Å². The van der Waals surface area contributed by atoms with Gasteiger partial charge in [-0.3, -0.25) is 9.69 Å². The highest BCUT2D eigenvalue weighted by Gasteiger charge is 2.34. The predicted octanol–water partition coefficient (Wildman–Crippen LogP) is 0.849. The van der Waals surface area contributed by atoms with Gasteiger partial charge in [-0.2, -0.15) is 0 Å². The third-order valence-corrected chi connectivity index (χ3v) is 3.67. The molecule has 1 amide bonds. The molecule has 5 nitrogen and oxygen atoms in total. The fraction of sp³-hybridized carbons (Fsp3) is 0.933. The third kappa shape index (κ3) is 5.77. The Kier molecular flexibility index (Phi) is 7.48. The summed E-state index contributed by atoms with van der Waals surface area (Å²) in [4.78, 5) is 14.5. The molecule has 20 heavy (non-hydrogen) atoms. The minimum atomic E-state index is -0.430. The van der Waals surface area contributed by atoms with Crippen molar-refractivity contribution in [1.82, 2.24) is 15.5 Å². The van der Waals surface area contributed by atoms with Crippen LogP contribution in [0.2, 0.25) is 0 Å². The highest BCUT2D eigenvalue weighted by molar-refractivity contribution is 5.85. The van der Waals surface area contributed by atoms with Crippen molar-refractivity contribution < 1.29 is 9.53 Å². The van der Waals surface area contributed by atoms with Gasteiger partial charge in [0.25, 0.3) is 0 Å². The van der Waals surface area contributed by atoms with Gasteiger partial charge in [0.1, 0.15) is 0 Å². The molecule has 1 aliphatic rings. The van der Waals surface area contributed by atoms with Crippen LogP contribution in [-0.2, 0) is 9.53 Å². The summed E-state index contributed by atoms with van der Waals surface area (Å²) in [6.45, 7) is 14.2. The second kappa shape index (κ2) is 8.60.